The summed E-state index contributed by atoms with van der Waals surface area (Å²) in [5, 5.41) is 15.8. The van der Waals surface area contributed by atoms with Crippen molar-refractivity contribution >= 4 is 37.6 Å². The van der Waals surface area contributed by atoms with E-state index in [2.05, 4.69) is 40.2 Å². The van der Waals surface area contributed by atoms with Gasteiger partial charge in [-0.05, 0) is 59.1 Å². The van der Waals surface area contributed by atoms with Crippen molar-refractivity contribution in [3.8, 4) is 5.88 Å². The number of hydrogen-bond acceptors (Lipinski definition) is 4. The molecule has 0 aliphatic rings. The number of benzene rings is 4. The van der Waals surface area contributed by atoms with Crippen molar-refractivity contribution in [2.24, 2.45) is 5.73 Å². The van der Waals surface area contributed by atoms with Crippen molar-refractivity contribution < 1.29 is 9.84 Å². The number of pyridine rings is 1. The second-order valence-electron chi connectivity index (χ2n) is 8.76. The van der Waals surface area contributed by atoms with Gasteiger partial charge in [-0.1, -0.05) is 88.7 Å². The van der Waals surface area contributed by atoms with Crippen molar-refractivity contribution in [3.05, 3.63) is 118 Å². The molecule has 3 N–H and O–H groups in total. The highest BCUT2D eigenvalue weighted by atomic mass is 79.9. The molecule has 0 aliphatic carbocycles. The molecule has 1 aromatic heterocycles. The smallest absolute Gasteiger partial charge is 0.217 e. The number of methoxy groups -OCH3 is 1. The first-order chi connectivity index (χ1) is 17.0. The van der Waals surface area contributed by atoms with Crippen molar-refractivity contribution in [2.45, 2.75) is 17.9 Å². The number of halogens is 1. The van der Waals surface area contributed by atoms with E-state index in [9.17, 15) is 5.11 Å². The molecular formula is C30H27BrN2O2. The number of hydrogen-bond donors (Lipinski definition) is 2. The maximum absolute atomic E-state index is 12.7. The highest BCUT2D eigenvalue weighted by molar-refractivity contribution is 9.10. The van der Waals surface area contributed by atoms with Gasteiger partial charge in [-0.15, -0.1) is 0 Å². The van der Waals surface area contributed by atoms with Crippen LogP contribution in [0.25, 0.3) is 21.7 Å². The van der Waals surface area contributed by atoms with Crippen molar-refractivity contribution in [1.29, 1.82) is 0 Å². The molecule has 5 heteroatoms. The molecule has 35 heavy (non-hydrogen) atoms. The summed E-state index contributed by atoms with van der Waals surface area (Å²) < 4.78 is 6.78. The van der Waals surface area contributed by atoms with Crippen molar-refractivity contribution in [1.82, 2.24) is 4.98 Å². The molecule has 0 fully saturated rings. The lowest BCUT2D eigenvalue weighted by Gasteiger charge is -2.38. The topological polar surface area (TPSA) is 68.4 Å². The Kier molecular flexibility index (Phi) is 6.56. The Balaban J connectivity index is 1.85. The van der Waals surface area contributed by atoms with Gasteiger partial charge in [0.15, 0.2) is 0 Å². The lowest BCUT2D eigenvalue weighted by molar-refractivity contribution is 0.0134. The summed E-state index contributed by atoms with van der Waals surface area (Å²) in [7, 11) is 1.62. The molecule has 5 aromatic rings. The van der Waals surface area contributed by atoms with Gasteiger partial charge in [0.05, 0.1) is 12.6 Å². The fraction of sp³-hybridized carbons (Fsp3) is 0.167. The molecular weight excluding hydrogens is 500 g/mol. The summed E-state index contributed by atoms with van der Waals surface area (Å²) >= 11 is 3.58. The van der Waals surface area contributed by atoms with E-state index in [1.807, 2.05) is 72.8 Å². The standard InChI is InChI=1S/C30H27BrN2O2/c1-35-29-25(19-22-18-23(31)14-15-27(22)33-29)28(21-9-3-2-4-10-21)30(34,16-17-32)26-13-7-11-20-8-5-6-12-24(20)26/h2-15,18-19,28,34H,16-17,32H2,1H3. The third-order valence-electron chi connectivity index (χ3n) is 6.67. The lowest BCUT2D eigenvalue weighted by atomic mass is 9.70. The number of aliphatic hydroxyl groups is 1. The fourth-order valence-corrected chi connectivity index (χ4v) is 5.51. The Morgan fingerprint density at radius 1 is 0.914 bits per heavy atom. The second kappa shape index (κ2) is 9.78. The SMILES string of the molecule is COc1nc2ccc(Br)cc2cc1C(c1ccccc1)C(O)(CCN)c1cccc2ccccc12. The van der Waals surface area contributed by atoms with E-state index in [1.54, 1.807) is 7.11 Å². The molecule has 2 unspecified atom stereocenters. The highest BCUT2D eigenvalue weighted by Gasteiger charge is 2.42. The van der Waals surface area contributed by atoms with E-state index in [4.69, 9.17) is 15.5 Å². The Bertz CT molecular complexity index is 1480. The predicted octanol–water partition coefficient (Wildman–Crippen LogP) is 6.53. The maximum atomic E-state index is 12.7. The average molecular weight is 527 g/mol. The van der Waals surface area contributed by atoms with Gasteiger partial charge < -0.3 is 15.6 Å². The predicted molar refractivity (Wildman–Crippen MR) is 146 cm³/mol. The molecule has 0 spiro atoms. The average Bonchev–Trinajstić information content (AvgIpc) is 2.89. The van der Waals surface area contributed by atoms with E-state index >= 15 is 0 Å². The van der Waals surface area contributed by atoms with Crippen molar-refractivity contribution in [3.63, 3.8) is 0 Å². The molecule has 0 aliphatic heterocycles. The number of fused-ring (bicyclic) bond motifs is 2. The van der Waals surface area contributed by atoms with E-state index in [0.717, 1.165) is 42.8 Å². The molecule has 4 aromatic carbocycles. The number of ether oxygens (including phenoxy) is 1. The molecule has 5 rings (SSSR count). The zero-order valence-corrected chi connectivity index (χ0v) is 21.1. The van der Waals surface area contributed by atoms with Crippen LogP contribution in [0, 0.1) is 0 Å². The molecule has 0 radical (unpaired) electrons. The Morgan fingerprint density at radius 3 is 2.43 bits per heavy atom. The van der Waals surface area contributed by atoms with E-state index < -0.39 is 11.5 Å². The number of nitrogens with zero attached hydrogens (tertiary/aromatic N) is 1. The van der Waals surface area contributed by atoms with Gasteiger partial charge in [-0.2, -0.15) is 0 Å². The van der Waals surface area contributed by atoms with E-state index in [0.29, 0.717) is 18.8 Å². The first kappa shape index (κ1) is 23.5. The summed E-state index contributed by atoms with van der Waals surface area (Å²) in [6, 6.07) is 32.3. The van der Waals surface area contributed by atoms with Gasteiger partial charge in [0, 0.05) is 21.3 Å². The summed E-state index contributed by atoms with van der Waals surface area (Å²) in [6.07, 6.45) is 0.361. The van der Waals surface area contributed by atoms with E-state index in [1.165, 1.54) is 0 Å². The lowest BCUT2D eigenvalue weighted by Crippen LogP contribution is -2.37. The summed E-state index contributed by atoms with van der Waals surface area (Å²) in [4.78, 5) is 4.83. The van der Waals surface area contributed by atoms with Crippen molar-refractivity contribution in [2.75, 3.05) is 13.7 Å². The molecule has 0 bridgehead atoms. The first-order valence-electron chi connectivity index (χ1n) is 11.6. The Labute approximate surface area is 213 Å². The fourth-order valence-electron chi connectivity index (χ4n) is 5.13. The van der Waals surface area contributed by atoms with Crippen LogP contribution < -0.4 is 10.5 Å². The largest absolute Gasteiger partial charge is 0.481 e. The highest BCUT2D eigenvalue weighted by Crippen LogP contribution is 2.48. The molecule has 176 valence electrons. The molecule has 0 saturated heterocycles. The molecule has 0 saturated carbocycles. The summed E-state index contributed by atoms with van der Waals surface area (Å²) in [5.74, 6) is 0.0215. The third kappa shape index (κ3) is 4.31. The van der Waals surface area contributed by atoms with Crippen LogP contribution in [0.1, 0.15) is 29.0 Å². The molecule has 2 atom stereocenters. The normalized spacial score (nSPS) is 14.1. The Hall–Kier alpha value is -3.25. The molecule has 4 nitrogen and oxygen atoms in total. The number of aromatic nitrogens is 1. The summed E-state index contributed by atoms with van der Waals surface area (Å²) in [6.45, 7) is 0.317. The van der Waals surface area contributed by atoms with Gasteiger partial charge in [0.1, 0.15) is 5.60 Å². The first-order valence-corrected chi connectivity index (χ1v) is 12.4. The third-order valence-corrected chi connectivity index (χ3v) is 7.16. The minimum Gasteiger partial charge on any atom is -0.481 e. The van der Waals surface area contributed by atoms with Crippen LogP contribution in [-0.2, 0) is 5.60 Å². The molecule has 1 heterocycles. The minimum absolute atomic E-state index is 0.317. The van der Waals surface area contributed by atoms with Crippen LogP contribution >= 0.6 is 15.9 Å². The van der Waals surface area contributed by atoms with Crippen LogP contribution in [0.2, 0.25) is 0 Å². The van der Waals surface area contributed by atoms with Gasteiger partial charge in [0.25, 0.3) is 0 Å². The number of nitrogens with two attached hydrogens (primary N) is 1. The van der Waals surface area contributed by atoms with Gasteiger partial charge >= 0.3 is 0 Å². The van der Waals surface area contributed by atoms with Crippen LogP contribution in [0.5, 0.6) is 5.88 Å². The quantitative estimate of drug-likeness (QED) is 0.253. The minimum atomic E-state index is -1.31. The van der Waals surface area contributed by atoms with E-state index in [-0.39, 0.29) is 0 Å². The zero-order chi connectivity index (χ0) is 24.4. The van der Waals surface area contributed by atoms with Crippen LogP contribution in [0.4, 0.5) is 0 Å². The van der Waals surface area contributed by atoms with Crippen LogP contribution in [0.3, 0.4) is 0 Å². The maximum Gasteiger partial charge on any atom is 0.217 e. The Morgan fingerprint density at radius 2 is 1.66 bits per heavy atom. The summed E-state index contributed by atoms with van der Waals surface area (Å²) in [5.41, 5.74) is 8.29. The zero-order valence-electron chi connectivity index (χ0n) is 19.5. The number of rotatable bonds is 7. The van der Waals surface area contributed by atoms with Gasteiger partial charge in [0.2, 0.25) is 5.88 Å². The van der Waals surface area contributed by atoms with Gasteiger partial charge in [-0.25, -0.2) is 4.98 Å². The molecule has 0 amide bonds. The monoisotopic (exact) mass is 526 g/mol. The van der Waals surface area contributed by atoms with Crippen LogP contribution in [0.15, 0.2) is 102 Å². The second-order valence-corrected chi connectivity index (χ2v) is 9.67. The van der Waals surface area contributed by atoms with Crippen LogP contribution in [-0.4, -0.2) is 23.7 Å². The van der Waals surface area contributed by atoms with Gasteiger partial charge in [-0.3, -0.25) is 0 Å².